The van der Waals surface area contributed by atoms with E-state index in [0.29, 0.717) is 13.1 Å². The quantitative estimate of drug-likeness (QED) is 0.284. The molecule has 2 aromatic carbocycles. The highest BCUT2D eigenvalue weighted by Crippen LogP contribution is 2.24. The van der Waals surface area contributed by atoms with Gasteiger partial charge in [-0.3, -0.25) is 14.4 Å². The highest BCUT2D eigenvalue weighted by molar-refractivity contribution is 8.76. The second-order valence-electron chi connectivity index (χ2n) is 7.58. The summed E-state index contributed by atoms with van der Waals surface area (Å²) in [5.74, 6) is -1.75. The highest BCUT2D eigenvalue weighted by Gasteiger charge is 2.26. The van der Waals surface area contributed by atoms with Crippen LogP contribution < -0.4 is 10.6 Å². The summed E-state index contributed by atoms with van der Waals surface area (Å²) in [4.78, 5) is 49.5. The van der Waals surface area contributed by atoms with Crippen molar-refractivity contribution in [2.45, 2.75) is 39.0 Å². The van der Waals surface area contributed by atoms with E-state index >= 15 is 0 Å². The maximum absolute atomic E-state index is 13.5. The number of nitrogens with one attached hydrogen (secondary N) is 2. The van der Waals surface area contributed by atoms with Crippen LogP contribution in [0.1, 0.15) is 25.0 Å². The van der Waals surface area contributed by atoms with Gasteiger partial charge in [0.15, 0.2) is 0 Å². The predicted octanol–water partition coefficient (Wildman–Crippen LogP) is 2.69. The van der Waals surface area contributed by atoms with Gasteiger partial charge in [0.2, 0.25) is 17.7 Å². The fraction of sp³-hybridized carbons (Fsp3) is 0.333. The van der Waals surface area contributed by atoms with Crippen LogP contribution in [0.15, 0.2) is 60.7 Å². The lowest BCUT2D eigenvalue weighted by Gasteiger charge is -2.28. The number of benzene rings is 2. The van der Waals surface area contributed by atoms with Crippen molar-refractivity contribution in [2.75, 3.05) is 11.5 Å². The molecule has 0 saturated heterocycles. The van der Waals surface area contributed by atoms with E-state index in [1.165, 1.54) is 35.4 Å². The van der Waals surface area contributed by atoms with Crippen LogP contribution in [-0.4, -0.2) is 57.3 Å². The van der Waals surface area contributed by atoms with Crippen molar-refractivity contribution in [1.82, 2.24) is 15.5 Å². The van der Waals surface area contributed by atoms with Crippen LogP contribution in [0.2, 0.25) is 0 Å². The third-order valence-corrected chi connectivity index (χ3v) is 7.07. The number of aliphatic carboxylic acids is 1. The number of amides is 3. The van der Waals surface area contributed by atoms with Crippen LogP contribution in [0, 0.1) is 0 Å². The zero-order chi connectivity index (χ0) is 24.9. The summed E-state index contributed by atoms with van der Waals surface area (Å²) in [5, 5.41) is 14.3. The van der Waals surface area contributed by atoms with Gasteiger partial charge in [0, 0.05) is 38.4 Å². The van der Waals surface area contributed by atoms with Gasteiger partial charge in [0.05, 0.1) is 0 Å². The van der Waals surface area contributed by atoms with Gasteiger partial charge in [-0.15, -0.1) is 0 Å². The molecule has 8 nitrogen and oxygen atoms in total. The van der Waals surface area contributed by atoms with Crippen molar-refractivity contribution in [3.05, 3.63) is 71.8 Å². The largest absolute Gasteiger partial charge is 0.480 e. The van der Waals surface area contributed by atoms with Crippen molar-refractivity contribution < 1.29 is 24.3 Å². The third kappa shape index (κ3) is 9.88. The molecular formula is C24H29N3O5S2. The molecule has 0 unspecified atom stereocenters. The molecule has 0 radical (unpaired) electrons. The number of hydrogen-bond acceptors (Lipinski definition) is 6. The van der Waals surface area contributed by atoms with Gasteiger partial charge in [0.1, 0.15) is 12.1 Å². The number of hydrogen-bond donors (Lipinski definition) is 3. The highest BCUT2D eigenvalue weighted by atomic mass is 33.1. The first-order valence-corrected chi connectivity index (χ1v) is 13.1. The summed E-state index contributed by atoms with van der Waals surface area (Å²) in [6.45, 7) is 3.37. The first-order valence-electron chi connectivity index (χ1n) is 10.6. The molecule has 0 heterocycles. The molecule has 0 aliphatic rings. The van der Waals surface area contributed by atoms with E-state index in [0.717, 1.165) is 11.1 Å². The number of nitrogens with zero attached hydrogens (tertiary/aromatic N) is 1. The zero-order valence-corrected chi connectivity index (χ0v) is 20.7. The van der Waals surface area contributed by atoms with E-state index < -0.39 is 24.0 Å². The Bertz CT molecular complexity index is 918. The Morgan fingerprint density at radius 2 is 1.18 bits per heavy atom. The molecule has 0 fully saturated rings. The van der Waals surface area contributed by atoms with Gasteiger partial charge < -0.3 is 20.6 Å². The van der Waals surface area contributed by atoms with Crippen molar-refractivity contribution >= 4 is 45.3 Å². The van der Waals surface area contributed by atoms with E-state index in [9.17, 15) is 24.3 Å². The fourth-order valence-electron chi connectivity index (χ4n) is 3.11. The number of carboxylic acid groups (broad SMARTS) is 1. The van der Waals surface area contributed by atoms with Crippen LogP contribution >= 0.6 is 21.6 Å². The minimum atomic E-state index is -1.13. The number of carboxylic acids is 1. The maximum Gasteiger partial charge on any atom is 0.327 e. The van der Waals surface area contributed by atoms with E-state index in [2.05, 4.69) is 10.6 Å². The predicted molar refractivity (Wildman–Crippen MR) is 135 cm³/mol. The van der Waals surface area contributed by atoms with Crippen LogP contribution in [0.25, 0.3) is 0 Å². The molecule has 2 rings (SSSR count). The second kappa shape index (κ2) is 14.3. The van der Waals surface area contributed by atoms with Crippen LogP contribution in [0.3, 0.4) is 0 Å². The smallest absolute Gasteiger partial charge is 0.327 e. The summed E-state index contributed by atoms with van der Waals surface area (Å²) >= 11 is 0. The molecule has 3 N–H and O–H groups in total. The molecule has 34 heavy (non-hydrogen) atoms. The summed E-state index contributed by atoms with van der Waals surface area (Å²) < 4.78 is 0. The van der Waals surface area contributed by atoms with E-state index in [1.54, 1.807) is 4.90 Å². The molecular weight excluding hydrogens is 474 g/mol. The van der Waals surface area contributed by atoms with Crippen LogP contribution in [-0.2, 0) is 32.3 Å². The molecule has 0 saturated carbocycles. The van der Waals surface area contributed by atoms with Gasteiger partial charge in [0.25, 0.3) is 0 Å². The maximum atomic E-state index is 13.5. The summed E-state index contributed by atoms with van der Waals surface area (Å²) in [6.07, 6.45) is 0. The topological polar surface area (TPSA) is 116 Å². The normalized spacial score (nSPS) is 12.3. The summed E-state index contributed by atoms with van der Waals surface area (Å²) in [5.41, 5.74) is 1.94. The minimum absolute atomic E-state index is 0.123. The number of rotatable bonds is 13. The SMILES string of the molecule is CC(=O)N[C@@H](CSSC[C@H](NC(C)=O)C(=O)N(Cc1ccccc1)Cc1ccccc1)C(=O)O. The van der Waals surface area contributed by atoms with Crippen molar-refractivity contribution in [3.63, 3.8) is 0 Å². The van der Waals surface area contributed by atoms with Gasteiger partial charge >= 0.3 is 5.97 Å². The van der Waals surface area contributed by atoms with Gasteiger partial charge in [-0.1, -0.05) is 82.3 Å². The molecule has 2 atom stereocenters. The van der Waals surface area contributed by atoms with Gasteiger partial charge in [-0.05, 0) is 11.1 Å². The molecule has 0 bridgehead atoms. The average molecular weight is 504 g/mol. The molecule has 0 aliphatic carbocycles. The Kier molecular flexibility index (Phi) is 11.5. The van der Waals surface area contributed by atoms with E-state index in [-0.39, 0.29) is 23.3 Å². The summed E-state index contributed by atoms with van der Waals surface area (Å²) in [7, 11) is 2.50. The second-order valence-corrected chi connectivity index (χ2v) is 10.1. The first kappa shape index (κ1) is 27.3. The van der Waals surface area contributed by atoms with Crippen molar-refractivity contribution in [1.29, 1.82) is 0 Å². The van der Waals surface area contributed by atoms with Gasteiger partial charge in [-0.2, -0.15) is 0 Å². The van der Waals surface area contributed by atoms with Crippen LogP contribution in [0.4, 0.5) is 0 Å². The Labute approximate surface area is 207 Å². The van der Waals surface area contributed by atoms with E-state index in [4.69, 9.17) is 0 Å². The lowest BCUT2D eigenvalue weighted by Crippen LogP contribution is -2.49. The minimum Gasteiger partial charge on any atom is -0.480 e. The van der Waals surface area contributed by atoms with Crippen LogP contribution in [0.5, 0.6) is 0 Å². The standard InChI is InChI=1S/C24H29N3O5S2/c1-17(28)25-21(15-33-34-16-22(24(31)32)26-18(2)29)23(30)27(13-19-9-5-3-6-10-19)14-20-11-7-4-8-12-20/h3-12,21-22H,13-16H2,1-2H3,(H,25,28)(H,26,29)(H,31,32)/t21-,22-/m0/s1. The Morgan fingerprint density at radius 3 is 1.59 bits per heavy atom. The molecule has 0 spiro atoms. The zero-order valence-electron chi connectivity index (χ0n) is 19.1. The summed E-state index contributed by atoms with van der Waals surface area (Å²) in [6, 6.07) is 17.4. The molecule has 0 aromatic heterocycles. The van der Waals surface area contributed by atoms with Crippen molar-refractivity contribution in [3.8, 4) is 0 Å². The Hall–Kier alpha value is -2.98. The Morgan fingerprint density at radius 1 is 0.765 bits per heavy atom. The molecule has 182 valence electrons. The first-order chi connectivity index (χ1) is 16.3. The molecule has 3 amide bonds. The molecule has 10 heteroatoms. The van der Waals surface area contributed by atoms with E-state index in [1.807, 2.05) is 60.7 Å². The number of carbonyl (C=O) groups is 4. The lowest BCUT2D eigenvalue weighted by atomic mass is 10.1. The lowest BCUT2D eigenvalue weighted by molar-refractivity contribution is -0.140. The van der Waals surface area contributed by atoms with Crippen molar-refractivity contribution in [2.24, 2.45) is 0 Å². The monoisotopic (exact) mass is 503 g/mol. The van der Waals surface area contributed by atoms with Gasteiger partial charge in [-0.25, -0.2) is 4.79 Å². The third-order valence-electron chi connectivity index (χ3n) is 4.65. The molecule has 2 aromatic rings. The number of carbonyl (C=O) groups excluding carboxylic acids is 3. The molecule has 0 aliphatic heterocycles. The average Bonchev–Trinajstić information content (AvgIpc) is 2.80. The fourth-order valence-corrected chi connectivity index (χ4v) is 5.42. The Balaban J connectivity index is 2.10.